The lowest BCUT2D eigenvalue weighted by molar-refractivity contribution is -0.153. The van der Waals surface area contributed by atoms with Crippen LogP contribution in [0.1, 0.15) is 66.2 Å². The topological polar surface area (TPSA) is 40.5 Å². The van der Waals surface area contributed by atoms with E-state index in [4.69, 9.17) is 0 Å². The van der Waals surface area contributed by atoms with Gasteiger partial charge in [-0.25, -0.2) is 0 Å². The summed E-state index contributed by atoms with van der Waals surface area (Å²) in [5.74, 6) is -0.624. The number of carboxylic acids is 1. The average molecular weight is 269 g/mol. The van der Waals surface area contributed by atoms with Crippen molar-refractivity contribution in [2.45, 2.75) is 66.2 Å². The molecule has 0 aromatic heterocycles. The van der Waals surface area contributed by atoms with Crippen LogP contribution >= 0.6 is 0 Å². The van der Waals surface area contributed by atoms with E-state index in [2.05, 4.69) is 18.7 Å². The highest BCUT2D eigenvalue weighted by molar-refractivity contribution is 5.74. The first-order valence-electron chi connectivity index (χ1n) is 7.93. The van der Waals surface area contributed by atoms with Gasteiger partial charge < -0.3 is 10.0 Å². The highest BCUT2D eigenvalue weighted by Gasteiger charge is 2.45. The fraction of sp³-hybridized carbons (Fsp3) is 0.938. The van der Waals surface area contributed by atoms with Crippen LogP contribution in [-0.2, 0) is 4.79 Å². The molecule has 0 bridgehead atoms. The first kappa shape index (κ1) is 16.5. The van der Waals surface area contributed by atoms with Crippen LogP contribution < -0.4 is 0 Å². The molecule has 3 nitrogen and oxygen atoms in total. The van der Waals surface area contributed by atoms with Crippen LogP contribution in [0.25, 0.3) is 0 Å². The van der Waals surface area contributed by atoms with Gasteiger partial charge in [-0.05, 0) is 31.1 Å². The van der Waals surface area contributed by atoms with Gasteiger partial charge >= 0.3 is 5.97 Å². The second-order valence-corrected chi connectivity index (χ2v) is 6.44. The Balaban J connectivity index is 2.59. The molecule has 1 aliphatic rings. The van der Waals surface area contributed by atoms with Crippen molar-refractivity contribution in [2.75, 3.05) is 19.6 Å². The summed E-state index contributed by atoms with van der Waals surface area (Å²) in [5.41, 5.74) is -0.0557. The minimum atomic E-state index is -0.624. The van der Waals surface area contributed by atoms with Gasteiger partial charge in [0.1, 0.15) is 0 Å². The Morgan fingerprint density at radius 2 is 1.58 bits per heavy atom. The Morgan fingerprint density at radius 1 is 1.11 bits per heavy atom. The summed E-state index contributed by atoms with van der Waals surface area (Å²) >= 11 is 0. The summed E-state index contributed by atoms with van der Waals surface area (Å²) in [6.07, 6.45) is 6.50. The van der Waals surface area contributed by atoms with E-state index in [1.165, 1.54) is 25.7 Å². The number of aliphatic carboxylic acids is 1. The zero-order valence-corrected chi connectivity index (χ0v) is 13.2. The molecule has 1 N–H and O–H groups in total. The van der Waals surface area contributed by atoms with Gasteiger partial charge in [-0.15, -0.1) is 0 Å². The van der Waals surface area contributed by atoms with Crippen molar-refractivity contribution in [3.05, 3.63) is 0 Å². The lowest BCUT2D eigenvalue weighted by Gasteiger charge is -2.53. The van der Waals surface area contributed by atoms with Gasteiger partial charge in [0, 0.05) is 19.6 Å². The van der Waals surface area contributed by atoms with Crippen LogP contribution in [0.2, 0.25) is 0 Å². The molecule has 0 saturated carbocycles. The van der Waals surface area contributed by atoms with Crippen molar-refractivity contribution >= 4 is 5.97 Å². The molecule has 0 aliphatic carbocycles. The molecule has 3 heteroatoms. The molecule has 1 saturated heterocycles. The molecule has 0 atom stereocenters. The first-order chi connectivity index (χ1) is 8.97. The molecule has 1 fully saturated rings. The van der Waals surface area contributed by atoms with Crippen LogP contribution in [0, 0.1) is 10.8 Å². The molecule has 0 spiro atoms. The molecule has 1 aliphatic heterocycles. The van der Waals surface area contributed by atoms with E-state index in [1.54, 1.807) is 0 Å². The Hall–Kier alpha value is -0.570. The van der Waals surface area contributed by atoms with Gasteiger partial charge in [0.05, 0.1) is 5.41 Å². The standard InChI is InChI=1S/C16H31NO2/c1-5-9-15(10-6-2)11-17(12-15)13-16(7-3,8-4)14(18)19/h5-13H2,1-4H3,(H,18,19). The highest BCUT2D eigenvalue weighted by atomic mass is 16.4. The molecule has 112 valence electrons. The molecule has 0 radical (unpaired) electrons. The summed E-state index contributed by atoms with van der Waals surface area (Å²) in [4.78, 5) is 13.9. The smallest absolute Gasteiger partial charge is 0.310 e. The molecule has 19 heavy (non-hydrogen) atoms. The fourth-order valence-electron chi connectivity index (χ4n) is 3.79. The normalized spacial score (nSPS) is 19.2. The quantitative estimate of drug-likeness (QED) is 0.692. The van der Waals surface area contributed by atoms with Crippen molar-refractivity contribution in [3.63, 3.8) is 0 Å². The molecular weight excluding hydrogens is 238 g/mol. The number of carbonyl (C=O) groups is 1. The molecule has 0 aromatic rings. The van der Waals surface area contributed by atoms with E-state index < -0.39 is 11.4 Å². The molecule has 1 rings (SSSR count). The Kier molecular flexibility index (Phi) is 5.84. The molecular formula is C16H31NO2. The van der Waals surface area contributed by atoms with Crippen LogP contribution in [0.4, 0.5) is 0 Å². The van der Waals surface area contributed by atoms with Gasteiger partial charge in [-0.1, -0.05) is 40.5 Å². The number of rotatable bonds is 9. The third-order valence-electron chi connectivity index (χ3n) is 5.01. The Bertz CT molecular complexity index is 283. The molecule has 0 unspecified atom stereocenters. The third kappa shape index (κ3) is 3.50. The average Bonchev–Trinajstić information content (AvgIpc) is 2.33. The van der Waals surface area contributed by atoms with E-state index in [-0.39, 0.29) is 0 Å². The summed E-state index contributed by atoms with van der Waals surface area (Å²) in [6, 6.07) is 0. The molecule has 0 amide bonds. The van der Waals surface area contributed by atoms with Gasteiger partial charge in [0.15, 0.2) is 0 Å². The number of nitrogens with zero attached hydrogens (tertiary/aromatic N) is 1. The van der Waals surface area contributed by atoms with Gasteiger partial charge in [0.25, 0.3) is 0 Å². The zero-order chi connectivity index (χ0) is 14.5. The predicted octanol–water partition coefficient (Wildman–Crippen LogP) is 3.78. The van der Waals surface area contributed by atoms with E-state index >= 15 is 0 Å². The van der Waals surface area contributed by atoms with Crippen LogP contribution in [0.3, 0.4) is 0 Å². The second-order valence-electron chi connectivity index (χ2n) is 6.44. The van der Waals surface area contributed by atoms with Crippen molar-refractivity contribution in [2.24, 2.45) is 10.8 Å². The molecule has 0 aromatic carbocycles. The maximum Gasteiger partial charge on any atom is 0.310 e. The van der Waals surface area contributed by atoms with Crippen LogP contribution in [0.15, 0.2) is 0 Å². The maximum atomic E-state index is 11.5. The highest BCUT2D eigenvalue weighted by Crippen LogP contribution is 2.42. The lowest BCUT2D eigenvalue weighted by atomic mass is 9.71. The predicted molar refractivity (Wildman–Crippen MR) is 79.3 cm³/mol. The van der Waals surface area contributed by atoms with E-state index in [9.17, 15) is 9.90 Å². The Morgan fingerprint density at radius 3 is 1.89 bits per heavy atom. The van der Waals surface area contributed by atoms with Gasteiger partial charge in [-0.3, -0.25) is 4.79 Å². The second kappa shape index (κ2) is 6.74. The van der Waals surface area contributed by atoms with Crippen LogP contribution in [-0.4, -0.2) is 35.6 Å². The summed E-state index contributed by atoms with van der Waals surface area (Å²) in [7, 11) is 0. The van der Waals surface area contributed by atoms with Crippen molar-refractivity contribution < 1.29 is 9.90 Å². The van der Waals surface area contributed by atoms with E-state index in [1.807, 2.05) is 13.8 Å². The van der Waals surface area contributed by atoms with Crippen molar-refractivity contribution in [1.29, 1.82) is 0 Å². The number of hydrogen-bond acceptors (Lipinski definition) is 2. The summed E-state index contributed by atoms with van der Waals surface area (Å²) in [5, 5.41) is 9.50. The number of hydrogen-bond donors (Lipinski definition) is 1. The minimum Gasteiger partial charge on any atom is -0.481 e. The first-order valence-corrected chi connectivity index (χ1v) is 7.93. The largest absolute Gasteiger partial charge is 0.481 e. The molecule has 1 heterocycles. The van der Waals surface area contributed by atoms with Crippen molar-refractivity contribution in [1.82, 2.24) is 4.90 Å². The summed E-state index contributed by atoms with van der Waals surface area (Å²) < 4.78 is 0. The fourth-order valence-corrected chi connectivity index (χ4v) is 3.79. The maximum absolute atomic E-state index is 11.5. The van der Waals surface area contributed by atoms with E-state index in [0.29, 0.717) is 5.41 Å². The monoisotopic (exact) mass is 269 g/mol. The lowest BCUT2D eigenvalue weighted by Crippen LogP contribution is -2.59. The summed E-state index contributed by atoms with van der Waals surface area (Å²) in [6.45, 7) is 11.4. The van der Waals surface area contributed by atoms with Gasteiger partial charge in [-0.2, -0.15) is 0 Å². The van der Waals surface area contributed by atoms with Crippen LogP contribution in [0.5, 0.6) is 0 Å². The number of likely N-dealkylation sites (tertiary alicyclic amines) is 1. The Labute approximate surface area is 118 Å². The van der Waals surface area contributed by atoms with E-state index in [0.717, 1.165) is 32.5 Å². The number of carboxylic acid groups (broad SMARTS) is 1. The van der Waals surface area contributed by atoms with Crippen molar-refractivity contribution in [3.8, 4) is 0 Å². The van der Waals surface area contributed by atoms with Gasteiger partial charge in [0.2, 0.25) is 0 Å². The zero-order valence-electron chi connectivity index (χ0n) is 13.2. The minimum absolute atomic E-state index is 0.481. The third-order valence-corrected chi connectivity index (χ3v) is 5.01. The SMILES string of the molecule is CCCC1(CCC)CN(CC(CC)(CC)C(=O)O)C1.